The molecule has 7 heteroatoms. The van der Waals surface area contributed by atoms with Crippen molar-refractivity contribution in [3.63, 3.8) is 0 Å². The van der Waals surface area contributed by atoms with Crippen molar-refractivity contribution in [1.82, 2.24) is 0 Å². The van der Waals surface area contributed by atoms with E-state index in [0.717, 1.165) is 12.0 Å². The number of benzene rings is 3. The molecule has 3 aromatic carbocycles. The molecular formula is C27H23NO6. The van der Waals surface area contributed by atoms with Gasteiger partial charge in [0.2, 0.25) is 5.91 Å². The predicted molar refractivity (Wildman–Crippen MR) is 128 cm³/mol. The summed E-state index contributed by atoms with van der Waals surface area (Å²) >= 11 is 0. The molecule has 0 spiro atoms. The van der Waals surface area contributed by atoms with Crippen LogP contribution in [0.1, 0.15) is 39.6 Å². The van der Waals surface area contributed by atoms with Crippen LogP contribution in [-0.2, 0) is 11.3 Å². The van der Waals surface area contributed by atoms with Gasteiger partial charge in [-0.05, 0) is 53.9 Å². The monoisotopic (exact) mass is 457 g/mol. The maximum Gasteiger partial charge on any atom is 0.338 e. The van der Waals surface area contributed by atoms with Gasteiger partial charge in [0, 0.05) is 11.6 Å². The molecule has 0 saturated carbocycles. The van der Waals surface area contributed by atoms with E-state index in [4.69, 9.17) is 19.6 Å². The summed E-state index contributed by atoms with van der Waals surface area (Å²) in [6, 6.07) is 18.5. The summed E-state index contributed by atoms with van der Waals surface area (Å²) in [5.41, 5.74) is 8.10. The Balaban J connectivity index is 1.51. The maximum absolute atomic E-state index is 13.0. The average molecular weight is 457 g/mol. The van der Waals surface area contributed by atoms with Crippen molar-refractivity contribution < 1.29 is 23.5 Å². The third kappa shape index (κ3) is 4.99. The van der Waals surface area contributed by atoms with Crippen LogP contribution in [0.2, 0.25) is 0 Å². The lowest BCUT2D eigenvalue weighted by Crippen LogP contribution is -2.10. The molecule has 1 aromatic heterocycles. The fourth-order valence-corrected chi connectivity index (χ4v) is 3.44. The molecule has 7 nitrogen and oxygen atoms in total. The van der Waals surface area contributed by atoms with Gasteiger partial charge in [-0.25, -0.2) is 4.79 Å². The van der Waals surface area contributed by atoms with E-state index in [1.807, 2.05) is 13.0 Å². The second-order valence-electron chi connectivity index (χ2n) is 7.70. The fraction of sp³-hybridized carbons (Fsp3) is 0.148. The average Bonchev–Trinajstić information content (AvgIpc) is 2.86. The lowest BCUT2D eigenvalue weighted by atomic mass is 10.0. The number of hydrogen-bond acceptors (Lipinski definition) is 6. The Morgan fingerprint density at radius 3 is 2.50 bits per heavy atom. The van der Waals surface area contributed by atoms with Crippen LogP contribution < -0.4 is 15.9 Å². The number of amides is 1. The number of carbonyl (C=O) groups is 2. The normalized spacial score (nSPS) is 10.7. The first-order valence-electron chi connectivity index (χ1n) is 10.8. The van der Waals surface area contributed by atoms with Crippen LogP contribution in [0.15, 0.2) is 82.2 Å². The Hall–Kier alpha value is -4.39. The molecule has 34 heavy (non-hydrogen) atoms. The van der Waals surface area contributed by atoms with E-state index in [1.54, 1.807) is 60.7 Å². The van der Waals surface area contributed by atoms with Crippen LogP contribution in [0.3, 0.4) is 0 Å². The van der Waals surface area contributed by atoms with E-state index in [-0.39, 0.29) is 18.0 Å². The van der Waals surface area contributed by atoms with Gasteiger partial charge in [-0.1, -0.05) is 31.2 Å². The molecule has 4 aromatic rings. The first-order chi connectivity index (χ1) is 16.5. The van der Waals surface area contributed by atoms with Crippen molar-refractivity contribution in [2.45, 2.75) is 20.0 Å². The Morgan fingerprint density at radius 2 is 1.76 bits per heavy atom. The highest BCUT2D eigenvalue weighted by Gasteiger charge is 2.12. The van der Waals surface area contributed by atoms with Gasteiger partial charge >= 0.3 is 5.97 Å². The molecule has 0 fully saturated rings. The van der Waals surface area contributed by atoms with Crippen LogP contribution in [0.5, 0.6) is 5.75 Å². The molecule has 0 atom stereocenters. The highest BCUT2D eigenvalue weighted by Crippen LogP contribution is 2.24. The highest BCUT2D eigenvalue weighted by atomic mass is 16.5. The number of fused-ring (bicyclic) bond motifs is 1. The van der Waals surface area contributed by atoms with E-state index in [0.29, 0.717) is 45.6 Å². The van der Waals surface area contributed by atoms with Gasteiger partial charge in [0.1, 0.15) is 24.2 Å². The van der Waals surface area contributed by atoms with Gasteiger partial charge in [0.15, 0.2) is 5.43 Å². The minimum absolute atomic E-state index is 0.196. The number of rotatable bonds is 8. The zero-order chi connectivity index (χ0) is 24.1. The molecule has 0 aliphatic heterocycles. The first kappa shape index (κ1) is 22.8. The molecule has 0 saturated heterocycles. The molecule has 0 aliphatic carbocycles. The van der Waals surface area contributed by atoms with Crippen molar-refractivity contribution in [3.8, 4) is 16.9 Å². The van der Waals surface area contributed by atoms with Crippen LogP contribution >= 0.6 is 0 Å². The predicted octanol–water partition coefficient (Wildman–Crippen LogP) is 4.70. The minimum atomic E-state index is -0.534. The van der Waals surface area contributed by atoms with Gasteiger partial charge in [-0.3, -0.25) is 9.59 Å². The Morgan fingerprint density at radius 1 is 0.971 bits per heavy atom. The number of primary amides is 1. The largest absolute Gasteiger partial charge is 0.489 e. The maximum atomic E-state index is 13.0. The SMILES string of the molecule is CCCOC(=O)c1cccc(COc2ccc3c(=O)c(-c4ccc(C(N)=O)cc4)coc3c2)c1. The van der Waals surface area contributed by atoms with E-state index in [2.05, 4.69) is 0 Å². The highest BCUT2D eigenvalue weighted by molar-refractivity contribution is 5.93. The quantitative estimate of drug-likeness (QED) is 0.384. The van der Waals surface area contributed by atoms with Crippen molar-refractivity contribution in [1.29, 1.82) is 0 Å². The van der Waals surface area contributed by atoms with Gasteiger partial charge in [-0.2, -0.15) is 0 Å². The molecule has 2 N–H and O–H groups in total. The minimum Gasteiger partial charge on any atom is -0.489 e. The van der Waals surface area contributed by atoms with Crippen LogP contribution in [-0.4, -0.2) is 18.5 Å². The number of hydrogen-bond donors (Lipinski definition) is 1. The van der Waals surface area contributed by atoms with Gasteiger partial charge in [0.25, 0.3) is 0 Å². The molecule has 0 bridgehead atoms. The molecule has 0 radical (unpaired) electrons. The van der Waals surface area contributed by atoms with Crippen molar-refractivity contribution in [2.24, 2.45) is 5.73 Å². The summed E-state index contributed by atoms with van der Waals surface area (Å²) in [4.78, 5) is 36.3. The Kier molecular flexibility index (Phi) is 6.73. The zero-order valence-corrected chi connectivity index (χ0v) is 18.6. The topological polar surface area (TPSA) is 109 Å². The molecule has 0 aliphatic rings. The van der Waals surface area contributed by atoms with Crippen LogP contribution in [0.4, 0.5) is 0 Å². The standard InChI is InChI=1S/C27H23NO6/c1-2-12-32-27(31)20-5-3-4-17(13-20)15-33-21-10-11-22-24(14-21)34-16-23(25(22)29)18-6-8-19(9-7-18)26(28)30/h3-11,13-14,16H,2,12,15H2,1H3,(H2,28,30). The number of nitrogens with two attached hydrogens (primary N) is 1. The Bertz CT molecular complexity index is 1410. The second-order valence-corrected chi connectivity index (χ2v) is 7.70. The molecule has 4 rings (SSSR count). The summed E-state index contributed by atoms with van der Waals surface area (Å²) in [6.07, 6.45) is 2.15. The molecule has 1 amide bonds. The Labute approximate surface area is 195 Å². The van der Waals surface area contributed by atoms with E-state index in [9.17, 15) is 14.4 Å². The summed E-state index contributed by atoms with van der Waals surface area (Å²) < 4.78 is 16.7. The smallest absolute Gasteiger partial charge is 0.338 e. The summed E-state index contributed by atoms with van der Waals surface area (Å²) in [5.74, 6) is -0.378. The van der Waals surface area contributed by atoms with E-state index >= 15 is 0 Å². The summed E-state index contributed by atoms with van der Waals surface area (Å²) in [5, 5.41) is 0.407. The number of carbonyl (C=O) groups excluding carboxylic acids is 2. The van der Waals surface area contributed by atoms with Crippen LogP contribution in [0.25, 0.3) is 22.1 Å². The lowest BCUT2D eigenvalue weighted by molar-refractivity contribution is 0.0504. The number of esters is 1. The second kappa shape index (κ2) is 10.0. The lowest BCUT2D eigenvalue weighted by Gasteiger charge is -2.09. The third-order valence-electron chi connectivity index (χ3n) is 5.23. The zero-order valence-electron chi connectivity index (χ0n) is 18.6. The van der Waals surface area contributed by atoms with Crippen molar-refractivity contribution >= 4 is 22.8 Å². The van der Waals surface area contributed by atoms with Gasteiger partial charge in [-0.15, -0.1) is 0 Å². The first-order valence-corrected chi connectivity index (χ1v) is 10.8. The molecule has 172 valence electrons. The van der Waals surface area contributed by atoms with Crippen molar-refractivity contribution in [2.75, 3.05) is 6.61 Å². The third-order valence-corrected chi connectivity index (χ3v) is 5.23. The summed E-state index contributed by atoms with van der Waals surface area (Å²) in [6.45, 7) is 2.55. The van der Waals surface area contributed by atoms with E-state index < -0.39 is 5.91 Å². The van der Waals surface area contributed by atoms with E-state index in [1.165, 1.54) is 6.26 Å². The van der Waals surface area contributed by atoms with Gasteiger partial charge in [0.05, 0.1) is 23.1 Å². The molecule has 1 heterocycles. The molecular weight excluding hydrogens is 434 g/mol. The van der Waals surface area contributed by atoms with Crippen molar-refractivity contribution in [3.05, 3.63) is 99.9 Å². The molecule has 0 unspecified atom stereocenters. The summed E-state index contributed by atoms with van der Waals surface area (Å²) in [7, 11) is 0. The van der Waals surface area contributed by atoms with Crippen LogP contribution in [0, 0.1) is 0 Å². The van der Waals surface area contributed by atoms with Gasteiger partial charge < -0.3 is 19.6 Å². The fourth-order valence-electron chi connectivity index (χ4n) is 3.44. The number of ether oxygens (including phenoxy) is 2.